The Morgan fingerprint density at radius 3 is 2.34 bits per heavy atom. The molecule has 0 aromatic heterocycles. The molecule has 10 heteroatoms. The van der Waals surface area contributed by atoms with E-state index in [-0.39, 0.29) is 12.3 Å². The van der Waals surface area contributed by atoms with Crippen LogP contribution < -0.4 is 16.5 Å². The summed E-state index contributed by atoms with van der Waals surface area (Å²) in [7, 11) is 3.11. The summed E-state index contributed by atoms with van der Waals surface area (Å²) in [6, 6.07) is 4.99. The summed E-state index contributed by atoms with van der Waals surface area (Å²) in [5.41, 5.74) is 1.47. The van der Waals surface area contributed by atoms with Crippen LogP contribution in [0.25, 0.3) is 0 Å². The van der Waals surface area contributed by atoms with Crippen LogP contribution in [0.5, 0.6) is 0 Å². The van der Waals surface area contributed by atoms with E-state index in [1.54, 1.807) is 50.5 Å². The van der Waals surface area contributed by atoms with Crippen molar-refractivity contribution in [1.82, 2.24) is 20.5 Å². The van der Waals surface area contributed by atoms with Gasteiger partial charge in [-0.2, -0.15) is 0 Å². The second kappa shape index (κ2) is 10.3. The van der Waals surface area contributed by atoms with Gasteiger partial charge >= 0.3 is 12.1 Å². The standard InChI is InChI=1S/C19H24Cl2N6O2/c1-26(2)18(28)25-17(22)16(11-12-3-5-13(20)6-4-12)27(23)19(29)24-15-9-7-14(21)8-10-15/h3-7,9,16H,8,10-11,23H2,1-2H3,(H,24,29)(H2,22,25,28)/t16-/m0/s1. The van der Waals surface area contributed by atoms with Crippen LogP contribution in [0.2, 0.25) is 5.02 Å². The van der Waals surface area contributed by atoms with E-state index >= 15 is 0 Å². The van der Waals surface area contributed by atoms with Crippen LogP contribution in [-0.2, 0) is 6.42 Å². The molecule has 4 amide bonds. The van der Waals surface area contributed by atoms with Crippen LogP contribution in [0.15, 0.2) is 47.1 Å². The maximum absolute atomic E-state index is 12.7. The SMILES string of the molecule is CN(C)C(=O)NC(=N)[C@H](Cc1ccc(Cl)cc1)N(N)C(=O)NC1=CC=C(Cl)CC1. The quantitative estimate of drug-likeness (QED) is 0.186. The highest BCUT2D eigenvalue weighted by molar-refractivity contribution is 6.30. The second-order valence-electron chi connectivity index (χ2n) is 6.73. The molecule has 0 unspecified atom stereocenters. The second-order valence-corrected chi connectivity index (χ2v) is 7.65. The van der Waals surface area contributed by atoms with E-state index < -0.39 is 18.1 Å². The lowest BCUT2D eigenvalue weighted by molar-refractivity contribution is 0.190. The molecule has 1 aromatic carbocycles. The molecule has 0 heterocycles. The molecule has 0 fully saturated rings. The van der Waals surface area contributed by atoms with Crippen molar-refractivity contribution in [3.05, 3.63) is 57.7 Å². The van der Waals surface area contributed by atoms with E-state index in [0.717, 1.165) is 10.6 Å². The number of allylic oxidation sites excluding steroid dienone is 4. The highest BCUT2D eigenvalue weighted by Gasteiger charge is 2.27. The third-order valence-corrected chi connectivity index (χ3v) is 4.83. The number of carbonyl (C=O) groups excluding carboxylic acids is 2. The first-order chi connectivity index (χ1) is 13.7. The molecule has 1 aliphatic rings. The molecule has 2 rings (SSSR count). The molecule has 1 atom stereocenters. The summed E-state index contributed by atoms with van der Waals surface area (Å²) in [6.07, 6.45) is 4.85. The molecule has 0 bridgehead atoms. The Kier molecular flexibility index (Phi) is 8.07. The fraction of sp³-hybridized carbons (Fsp3) is 0.316. The molecular weight excluding hydrogens is 415 g/mol. The average molecular weight is 439 g/mol. The summed E-state index contributed by atoms with van der Waals surface area (Å²) in [4.78, 5) is 25.9. The zero-order valence-electron chi connectivity index (χ0n) is 16.2. The van der Waals surface area contributed by atoms with E-state index in [0.29, 0.717) is 28.6 Å². The summed E-state index contributed by atoms with van der Waals surface area (Å²) in [5, 5.41) is 15.7. The van der Waals surface area contributed by atoms with Gasteiger partial charge in [0.15, 0.2) is 0 Å². The minimum Gasteiger partial charge on any atom is -0.331 e. The summed E-state index contributed by atoms with van der Waals surface area (Å²) >= 11 is 11.9. The summed E-state index contributed by atoms with van der Waals surface area (Å²) < 4.78 is 0. The third kappa shape index (κ3) is 6.77. The number of hydrogen-bond donors (Lipinski definition) is 4. The number of hydrogen-bond acceptors (Lipinski definition) is 4. The van der Waals surface area contributed by atoms with Gasteiger partial charge in [-0.05, 0) is 42.7 Å². The predicted octanol–water partition coefficient (Wildman–Crippen LogP) is 3.19. The first-order valence-corrected chi connectivity index (χ1v) is 9.64. The summed E-state index contributed by atoms with van der Waals surface area (Å²) in [5.74, 6) is 5.86. The largest absolute Gasteiger partial charge is 0.336 e. The van der Waals surface area contributed by atoms with Crippen LogP contribution in [0.1, 0.15) is 18.4 Å². The molecule has 156 valence electrons. The van der Waals surface area contributed by atoms with Gasteiger partial charge in [0, 0.05) is 36.3 Å². The number of benzene rings is 1. The van der Waals surface area contributed by atoms with Crippen molar-refractivity contribution >= 4 is 41.1 Å². The zero-order chi connectivity index (χ0) is 21.6. The Morgan fingerprint density at radius 1 is 1.14 bits per heavy atom. The first-order valence-electron chi connectivity index (χ1n) is 8.88. The number of nitrogens with one attached hydrogen (secondary N) is 3. The van der Waals surface area contributed by atoms with Crippen LogP contribution >= 0.6 is 23.2 Å². The van der Waals surface area contributed by atoms with Crippen molar-refractivity contribution in [2.45, 2.75) is 25.3 Å². The molecule has 1 aromatic rings. The molecular formula is C19H24Cl2N6O2. The Labute approximate surface area is 179 Å². The Hall–Kier alpha value is -2.55. The van der Waals surface area contributed by atoms with E-state index in [4.69, 9.17) is 34.5 Å². The fourth-order valence-electron chi connectivity index (χ4n) is 2.55. The first kappa shape index (κ1) is 22.7. The van der Waals surface area contributed by atoms with Gasteiger partial charge in [0.2, 0.25) is 0 Å². The lowest BCUT2D eigenvalue weighted by Gasteiger charge is -2.29. The molecule has 29 heavy (non-hydrogen) atoms. The van der Waals surface area contributed by atoms with Gasteiger partial charge in [-0.3, -0.25) is 15.7 Å². The van der Waals surface area contributed by atoms with Crippen molar-refractivity contribution in [3.63, 3.8) is 0 Å². The fourth-order valence-corrected chi connectivity index (χ4v) is 2.84. The van der Waals surface area contributed by atoms with Gasteiger partial charge in [0.05, 0.1) is 0 Å². The molecule has 0 saturated heterocycles. The van der Waals surface area contributed by atoms with Crippen molar-refractivity contribution in [1.29, 1.82) is 5.41 Å². The van der Waals surface area contributed by atoms with Crippen molar-refractivity contribution in [3.8, 4) is 0 Å². The molecule has 0 spiro atoms. The van der Waals surface area contributed by atoms with Gasteiger partial charge in [0.1, 0.15) is 11.9 Å². The molecule has 0 aliphatic heterocycles. The zero-order valence-corrected chi connectivity index (χ0v) is 17.7. The van der Waals surface area contributed by atoms with E-state index in [1.807, 2.05) is 0 Å². The topological polar surface area (TPSA) is 115 Å². The van der Waals surface area contributed by atoms with E-state index in [2.05, 4.69) is 10.6 Å². The molecule has 8 nitrogen and oxygen atoms in total. The van der Waals surface area contributed by atoms with Crippen molar-refractivity contribution in [2.24, 2.45) is 5.84 Å². The minimum absolute atomic E-state index is 0.197. The van der Waals surface area contributed by atoms with Gasteiger partial charge in [-0.25, -0.2) is 15.4 Å². The van der Waals surface area contributed by atoms with Gasteiger partial charge in [0.25, 0.3) is 0 Å². The molecule has 1 aliphatic carbocycles. The maximum atomic E-state index is 12.7. The number of halogens is 2. The van der Waals surface area contributed by atoms with Crippen LogP contribution in [-0.4, -0.2) is 47.9 Å². The molecule has 0 saturated carbocycles. The van der Waals surface area contributed by atoms with Crippen molar-refractivity contribution < 1.29 is 9.59 Å². The number of hydrazine groups is 1. The van der Waals surface area contributed by atoms with Gasteiger partial charge < -0.3 is 10.2 Å². The van der Waals surface area contributed by atoms with Crippen molar-refractivity contribution in [2.75, 3.05) is 14.1 Å². The molecule has 0 radical (unpaired) electrons. The van der Waals surface area contributed by atoms with Gasteiger partial charge in [-0.1, -0.05) is 35.3 Å². The number of rotatable bonds is 5. The average Bonchev–Trinajstić information content (AvgIpc) is 2.68. The van der Waals surface area contributed by atoms with Gasteiger partial charge in [-0.15, -0.1) is 0 Å². The van der Waals surface area contributed by atoms with E-state index in [9.17, 15) is 9.59 Å². The third-order valence-electron chi connectivity index (χ3n) is 4.26. The lowest BCUT2D eigenvalue weighted by atomic mass is 10.0. The number of amidine groups is 1. The minimum atomic E-state index is -0.900. The number of carbonyl (C=O) groups is 2. The number of amides is 4. The van der Waals surface area contributed by atoms with Crippen LogP contribution in [0.3, 0.4) is 0 Å². The van der Waals surface area contributed by atoms with Crippen LogP contribution in [0, 0.1) is 5.41 Å². The lowest BCUT2D eigenvalue weighted by Crippen LogP contribution is -2.58. The monoisotopic (exact) mass is 438 g/mol. The van der Waals surface area contributed by atoms with Crippen LogP contribution in [0.4, 0.5) is 9.59 Å². The summed E-state index contributed by atoms with van der Waals surface area (Å²) in [6.45, 7) is 0. The Morgan fingerprint density at radius 2 is 1.79 bits per heavy atom. The smallest absolute Gasteiger partial charge is 0.331 e. The normalized spacial score (nSPS) is 14.2. The highest BCUT2D eigenvalue weighted by Crippen LogP contribution is 2.19. The Bertz CT molecular complexity index is 836. The number of urea groups is 2. The maximum Gasteiger partial charge on any atom is 0.336 e. The predicted molar refractivity (Wildman–Crippen MR) is 115 cm³/mol. The number of nitrogens with two attached hydrogens (primary N) is 1. The molecule has 5 N–H and O–H groups in total. The number of nitrogens with zero attached hydrogens (tertiary/aromatic N) is 2. The highest BCUT2D eigenvalue weighted by atomic mass is 35.5. The van der Waals surface area contributed by atoms with E-state index in [1.165, 1.54) is 4.90 Å². The Balaban J connectivity index is 2.17.